The number of benzene rings is 1. The van der Waals surface area contributed by atoms with Crippen LogP contribution in [0.25, 0.3) is 0 Å². The molecule has 4 rings (SSSR count). The second kappa shape index (κ2) is 4.46. The molecule has 108 valence electrons. The Balaban J connectivity index is 1.72. The number of nitrogens with zero attached hydrogens (tertiary/aromatic N) is 1. The molecule has 1 aromatic rings. The molecule has 4 atom stereocenters. The van der Waals surface area contributed by atoms with E-state index in [1.165, 1.54) is 6.42 Å². The molecule has 0 saturated carbocycles. The molecule has 3 aliphatic heterocycles. The molecule has 2 nitrogen and oxygen atoms in total. The van der Waals surface area contributed by atoms with Gasteiger partial charge in [0.05, 0.1) is 12.1 Å². The Kier molecular flexibility index (Phi) is 2.82. The summed E-state index contributed by atoms with van der Waals surface area (Å²) in [6, 6.07) is 2.54. The van der Waals surface area contributed by atoms with E-state index in [0.29, 0.717) is 11.6 Å². The van der Waals surface area contributed by atoms with Crippen molar-refractivity contribution in [1.82, 2.24) is 4.90 Å². The molecule has 0 spiro atoms. The molecule has 3 saturated heterocycles. The molecular weight excluding hydrogens is 267 g/mol. The average molecular weight is 283 g/mol. The zero-order chi connectivity index (χ0) is 13.9. The SMILES string of the molecule is Fc1cc([C@@H]2[C@H]3O[C@H]3C[C@H]3CCCCN32)cc(F)c1F. The zero-order valence-corrected chi connectivity index (χ0v) is 11.0. The average Bonchev–Trinajstić information content (AvgIpc) is 3.20. The van der Waals surface area contributed by atoms with E-state index >= 15 is 0 Å². The third-order valence-corrected chi connectivity index (χ3v) is 4.81. The zero-order valence-electron chi connectivity index (χ0n) is 11.0. The minimum absolute atomic E-state index is 0.00797. The highest BCUT2D eigenvalue weighted by Crippen LogP contribution is 2.49. The van der Waals surface area contributed by atoms with Crippen LogP contribution in [0.3, 0.4) is 0 Å². The number of hydrogen-bond acceptors (Lipinski definition) is 2. The first-order valence-corrected chi connectivity index (χ1v) is 7.21. The summed E-state index contributed by atoms with van der Waals surface area (Å²) in [5.41, 5.74) is 0.500. The van der Waals surface area contributed by atoms with Crippen LogP contribution in [0, 0.1) is 17.5 Å². The molecule has 0 N–H and O–H groups in total. The van der Waals surface area contributed by atoms with Crippen molar-refractivity contribution < 1.29 is 17.9 Å². The summed E-state index contributed by atoms with van der Waals surface area (Å²) in [4.78, 5) is 2.30. The van der Waals surface area contributed by atoms with E-state index in [9.17, 15) is 13.2 Å². The van der Waals surface area contributed by atoms with Crippen LogP contribution < -0.4 is 0 Å². The molecule has 3 fully saturated rings. The highest BCUT2D eigenvalue weighted by Gasteiger charge is 2.54. The van der Waals surface area contributed by atoms with Gasteiger partial charge in [-0.05, 0) is 43.5 Å². The van der Waals surface area contributed by atoms with Crippen LogP contribution in [0.1, 0.15) is 37.3 Å². The lowest BCUT2D eigenvalue weighted by molar-refractivity contribution is 0.0652. The minimum Gasteiger partial charge on any atom is -0.367 e. The maximum atomic E-state index is 13.5. The summed E-state index contributed by atoms with van der Waals surface area (Å²) in [7, 11) is 0. The lowest BCUT2D eigenvalue weighted by Crippen LogP contribution is -2.48. The smallest absolute Gasteiger partial charge is 0.194 e. The first-order chi connectivity index (χ1) is 9.65. The van der Waals surface area contributed by atoms with Crippen molar-refractivity contribution in [3.63, 3.8) is 0 Å². The predicted molar refractivity (Wildman–Crippen MR) is 66.7 cm³/mol. The Morgan fingerprint density at radius 3 is 2.60 bits per heavy atom. The van der Waals surface area contributed by atoms with Gasteiger partial charge in [0.1, 0.15) is 6.10 Å². The number of piperidine rings is 2. The van der Waals surface area contributed by atoms with Gasteiger partial charge in [-0.15, -0.1) is 0 Å². The number of halogens is 3. The molecule has 5 heteroatoms. The summed E-state index contributed by atoms with van der Waals surface area (Å²) in [6.07, 6.45) is 4.61. The Morgan fingerprint density at radius 2 is 1.85 bits per heavy atom. The summed E-state index contributed by atoms with van der Waals surface area (Å²) in [6.45, 7) is 0.919. The molecule has 0 aromatic heterocycles. The van der Waals surface area contributed by atoms with Crippen molar-refractivity contribution in [2.24, 2.45) is 0 Å². The van der Waals surface area contributed by atoms with Crippen molar-refractivity contribution in [2.75, 3.05) is 6.54 Å². The quantitative estimate of drug-likeness (QED) is 0.581. The van der Waals surface area contributed by atoms with Crippen LogP contribution in [0.5, 0.6) is 0 Å². The molecular formula is C15H16F3NO. The number of ether oxygens (including phenoxy) is 1. The maximum absolute atomic E-state index is 13.5. The highest BCUT2D eigenvalue weighted by molar-refractivity contribution is 5.27. The third-order valence-electron chi connectivity index (χ3n) is 4.81. The Morgan fingerprint density at radius 1 is 1.10 bits per heavy atom. The number of rotatable bonds is 1. The van der Waals surface area contributed by atoms with E-state index in [0.717, 1.165) is 37.9 Å². The summed E-state index contributed by atoms with van der Waals surface area (Å²) >= 11 is 0. The monoisotopic (exact) mass is 283 g/mol. The van der Waals surface area contributed by atoms with Gasteiger partial charge in [-0.3, -0.25) is 4.90 Å². The molecule has 1 aromatic carbocycles. The van der Waals surface area contributed by atoms with Gasteiger partial charge in [0.25, 0.3) is 0 Å². The van der Waals surface area contributed by atoms with Crippen molar-refractivity contribution in [3.05, 3.63) is 35.1 Å². The number of epoxide rings is 1. The third kappa shape index (κ3) is 1.87. The van der Waals surface area contributed by atoms with Crippen LogP contribution in [0.15, 0.2) is 12.1 Å². The van der Waals surface area contributed by atoms with Crippen LogP contribution in [-0.4, -0.2) is 29.7 Å². The lowest BCUT2D eigenvalue weighted by Gasteiger charge is -2.43. The van der Waals surface area contributed by atoms with Crippen LogP contribution in [-0.2, 0) is 4.74 Å². The van der Waals surface area contributed by atoms with Gasteiger partial charge >= 0.3 is 0 Å². The fraction of sp³-hybridized carbons (Fsp3) is 0.600. The minimum atomic E-state index is -1.40. The van der Waals surface area contributed by atoms with Crippen LogP contribution in [0.4, 0.5) is 13.2 Å². The number of hydrogen-bond donors (Lipinski definition) is 0. The summed E-state index contributed by atoms with van der Waals surface area (Å²) < 4.78 is 45.8. The van der Waals surface area contributed by atoms with Crippen molar-refractivity contribution in [3.8, 4) is 0 Å². The lowest BCUT2D eigenvalue weighted by atomic mass is 9.86. The van der Waals surface area contributed by atoms with Gasteiger partial charge in [-0.1, -0.05) is 6.42 Å². The van der Waals surface area contributed by atoms with Crippen molar-refractivity contribution in [2.45, 2.75) is 50.0 Å². The molecule has 0 bridgehead atoms. The van der Waals surface area contributed by atoms with Gasteiger partial charge in [-0.25, -0.2) is 13.2 Å². The fourth-order valence-electron chi connectivity index (χ4n) is 3.85. The number of fused-ring (bicyclic) bond motifs is 2. The van der Waals surface area contributed by atoms with Gasteiger partial charge < -0.3 is 4.74 Å². The Hall–Kier alpha value is -1.07. The molecule has 0 unspecified atom stereocenters. The van der Waals surface area contributed by atoms with E-state index in [2.05, 4.69) is 4.90 Å². The van der Waals surface area contributed by atoms with Crippen molar-refractivity contribution >= 4 is 0 Å². The fourth-order valence-corrected chi connectivity index (χ4v) is 3.85. The first kappa shape index (κ1) is 12.7. The van der Waals surface area contributed by atoms with Gasteiger partial charge in [0.2, 0.25) is 0 Å². The summed E-state index contributed by atoms with van der Waals surface area (Å²) in [5.74, 6) is -3.62. The van der Waals surface area contributed by atoms with Gasteiger partial charge in [0.15, 0.2) is 17.5 Å². The van der Waals surface area contributed by atoms with E-state index in [1.54, 1.807) is 0 Å². The molecule has 0 radical (unpaired) electrons. The first-order valence-electron chi connectivity index (χ1n) is 7.21. The van der Waals surface area contributed by atoms with Crippen LogP contribution in [0.2, 0.25) is 0 Å². The predicted octanol–water partition coefficient (Wildman–Crippen LogP) is 3.17. The molecule has 3 aliphatic rings. The Bertz CT molecular complexity index is 527. The second-order valence-corrected chi connectivity index (χ2v) is 6.01. The van der Waals surface area contributed by atoms with Gasteiger partial charge in [0, 0.05) is 6.04 Å². The van der Waals surface area contributed by atoms with Gasteiger partial charge in [-0.2, -0.15) is 0 Å². The molecule has 3 heterocycles. The largest absolute Gasteiger partial charge is 0.367 e. The standard InChI is InChI=1S/C15H16F3NO/c16-10-5-8(6-11(17)13(10)18)14-15-12(20-15)7-9-3-1-2-4-19(9)14/h5-6,9,12,14-15H,1-4,7H2/t9-,12+,14-,15+/m1/s1. The Labute approximate surface area is 115 Å². The molecule has 0 amide bonds. The van der Waals surface area contributed by atoms with E-state index in [-0.39, 0.29) is 18.2 Å². The van der Waals surface area contributed by atoms with Crippen LogP contribution >= 0.6 is 0 Å². The maximum Gasteiger partial charge on any atom is 0.194 e. The molecule has 0 aliphatic carbocycles. The van der Waals surface area contributed by atoms with Crippen molar-refractivity contribution in [1.29, 1.82) is 0 Å². The highest BCUT2D eigenvalue weighted by atomic mass is 19.2. The second-order valence-electron chi connectivity index (χ2n) is 6.01. The topological polar surface area (TPSA) is 15.8 Å². The molecule has 20 heavy (non-hydrogen) atoms. The summed E-state index contributed by atoms with van der Waals surface area (Å²) in [5, 5.41) is 0. The van der Waals surface area contributed by atoms with E-state index in [4.69, 9.17) is 4.74 Å². The normalized spacial score (nSPS) is 36.4. The van der Waals surface area contributed by atoms with E-state index in [1.807, 2.05) is 0 Å². The van der Waals surface area contributed by atoms with E-state index < -0.39 is 17.5 Å².